The van der Waals surface area contributed by atoms with Gasteiger partial charge in [-0.2, -0.15) is 4.98 Å². The molecule has 1 aromatic heterocycles. The highest BCUT2D eigenvalue weighted by Crippen LogP contribution is 2.34. The first-order valence-corrected chi connectivity index (χ1v) is 13.3. The molecule has 7 nitrogen and oxygen atoms in total. The minimum atomic E-state index is -1.08. The summed E-state index contributed by atoms with van der Waals surface area (Å²) in [6.45, 7) is 3.79. The first-order chi connectivity index (χ1) is 15.8. The summed E-state index contributed by atoms with van der Waals surface area (Å²) in [5.41, 5.74) is 2.21. The highest BCUT2D eigenvalue weighted by atomic mass is 35.5. The van der Waals surface area contributed by atoms with Crippen LogP contribution in [0.5, 0.6) is 0 Å². The zero-order valence-electron chi connectivity index (χ0n) is 19.5. The molecule has 1 N–H and O–H groups in total. The molecule has 2 atom stereocenters. The number of aromatic nitrogens is 2. The average Bonchev–Trinajstić information content (AvgIpc) is 3.19. The third-order valence-corrected chi connectivity index (χ3v) is 8.18. The Morgan fingerprint density at radius 1 is 1.24 bits per heavy atom. The van der Waals surface area contributed by atoms with Crippen LogP contribution in [0.4, 0.5) is 11.8 Å². The maximum absolute atomic E-state index is 12.6. The van der Waals surface area contributed by atoms with Crippen molar-refractivity contribution in [3.05, 3.63) is 40.5 Å². The minimum absolute atomic E-state index is 0.0361. The third-order valence-electron chi connectivity index (χ3n) is 6.47. The molecule has 1 saturated heterocycles. The fraction of sp³-hybridized carbons (Fsp3) is 0.542. The molecule has 3 heterocycles. The van der Waals surface area contributed by atoms with E-state index < -0.39 is 10.8 Å². The predicted octanol–water partition coefficient (Wildman–Crippen LogP) is 3.85. The van der Waals surface area contributed by atoms with Crippen LogP contribution in [-0.2, 0) is 22.0 Å². The summed E-state index contributed by atoms with van der Waals surface area (Å²) in [5, 5.41) is 4.20. The molecule has 2 aliphatic rings. The maximum Gasteiger partial charge on any atom is 0.227 e. The quantitative estimate of drug-likeness (QED) is 0.636. The molecule has 178 valence electrons. The molecule has 1 amide bonds. The van der Waals surface area contributed by atoms with Crippen LogP contribution in [0.2, 0.25) is 5.02 Å². The summed E-state index contributed by atoms with van der Waals surface area (Å²) in [5.74, 6) is 2.57. The van der Waals surface area contributed by atoms with Gasteiger partial charge >= 0.3 is 0 Å². The Morgan fingerprint density at radius 2 is 1.94 bits per heavy atom. The number of amides is 1. The molecule has 0 radical (unpaired) electrons. The number of rotatable bonds is 7. The molecule has 0 bridgehead atoms. The summed E-state index contributed by atoms with van der Waals surface area (Å²) in [6, 6.07) is 8.19. The maximum atomic E-state index is 12.6. The second-order valence-electron chi connectivity index (χ2n) is 9.13. The molecule has 1 fully saturated rings. The number of benzene rings is 1. The number of nitrogens with one attached hydrogen (secondary N) is 1. The zero-order valence-corrected chi connectivity index (χ0v) is 21.1. The number of carbonyl (C=O) groups excluding carboxylic acids is 1. The van der Waals surface area contributed by atoms with Crippen LogP contribution >= 0.6 is 11.6 Å². The Balaban J connectivity index is 1.46. The van der Waals surface area contributed by atoms with Crippen LogP contribution in [0, 0.1) is 0 Å². The van der Waals surface area contributed by atoms with Crippen LogP contribution in [0.25, 0.3) is 0 Å². The van der Waals surface area contributed by atoms with Gasteiger partial charge in [0.1, 0.15) is 10.7 Å². The molecular weight excluding hydrogens is 458 g/mol. The van der Waals surface area contributed by atoms with Gasteiger partial charge in [-0.3, -0.25) is 9.00 Å². The lowest BCUT2D eigenvalue weighted by atomic mass is 9.89. The number of carbonyl (C=O) groups is 1. The lowest BCUT2D eigenvalue weighted by molar-refractivity contribution is -0.128. The van der Waals surface area contributed by atoms with Gasteiger partial charge in [0.05, 0.1) is 16.5 Å². The van der Waals surface area contributed by atoms with Gasteiger partial charge in [-0.05, 0) is 49.8 Å². The van der Waals surface area contributed by atoms with Crippen LogP contribution in [-0.4, -0.2) is 64.0 Å². The minimum Gasteiger partial charge on any atom is -0.366 e. The molecule has 0 spiro atoms. The number of anilines is 2. The highest BCUT2D eigenvalue weighted by molar-refractivity contribution is 7.85. The van der Waals surface area contributed by atoms with E-state index in [1.165, 1.54) is 5.56 Å². The largest absolute Gasteiger partial charge is 0.366 e. The Labute approximate surface area is 203 Å². The number of fused-ring (bicyclic) bond motifs is 1. The highest BCUT2D eigenvalue weighted by Gasteiger charge is 2.29. The van der Waals surface area contributed by atoms with E-state index in [2.05, 4.69) is 22.3 Å². The van der Waals surface area contributed by atoms with Gasteiger partial charge in [0.25, 0.3) is 0 Å². The number of aryl methyl sites for hydroxylation is 1. The van der Waals surface area contributed by atoms with E-state index in [0.717, 1.165) is 41.5 Å². The molecule has 4 rings (SSSR count). The molecule has 0 saturated carbocycles. The SMILES string of the molecule is C[C@H](CCC(=O)N(C)C)Nc1nc(N2CCC(c3ccc(Cl)cc3)CC2)nc2c1S(=O)CC2. The Kier molecular flexibility index (Phi) is 7.54. The zero-order chi connectivity index (χ0) is 23.5. The third kappa shape index (κ3) is 5.66. The standard InChI is InChI=1S/C24H32ClN5O2S/c1-16(4-9-21(31)29(2)3)26-23-22-20(12-15-33(22)32)27-24(28-23)30-13-10-18(11-14-30)17-5-7-19(25)8-6-17/h5-8,16,18H,4,9-15H2,1-3H3,(H,26,27,28)/t16-,33?/m1/s1. The normalized spacial score (nSPS) is 19.3. The monoisotopic (exact) mass is 489 g/mol. The lowest BCUT2D eigenvalue weighted by Crippen LogP contribution is -2.34. The van der Waals surface area contributed by atoms with Crippen molar-refractivity contribution >= 4 is 40.1 Å². The van der Waals surface area contributed by atoms with Gasteiger partial charge in [0.2, 0.25) is 11.9 Å². The van der Waals surface area contributed by atoms with E-state index in [4.69, 9.17) is 21.6 Å². The van der Waals surface area contributed by atoms with Crippen LogP contribution < -0.4 is 10.2 Å². The molecule has 2 aromatic rings. The second kappa shape index (κ2) is 10.4. The molecule has 1 aromatic carbocycles. The van der Waals surface area contributed by atoms with Crippen LogP contribution in [0.15, 0.2) is 29.2 Å². The summed E-state index contributed by atoms with van der Waals surface area (Å²) in [6.07, 6.45) is 3.91. The first-order valence-electron chi connectivity index (χ1n) is 11.6. The van der Waals surface area contributed by atoms with E-state index in [9.17, 15) is 9.00 Å². The number of nitrogens with zero attached hydrogens (tertiary/aromatic N) is 4. The predicted molar refractivity (Wildman–Crippen MR) is 134 cm³/mol. The van der Waals surface area contributed by atoms with Crippen molar-refractivity contribution in [1.82, 2.24) is 14.9 Å². The van der Waals surface area contributed by atoms with Crippen LogP contribution in [0.1, 0.15) is 49.8 Å². The first kappa shape index (κ1) is 24.0. The smallest absolute Gasteiger partial charge is 0.227 e. The van der Waals surface area contributed by atoms with Crippen molar-refractivity contribution < 1.29 is 9.00 Å². The lowest BCUT2D eigenvalue weighted by Gasteiger charge is -2.32. The van der Waals surface area contributed by atoms with Gasteiger partial charge in [-0.15, -0.1) is 0 Å². The van der Waals surface area contributed by atoms with Crippen molar-refractivity contribution in [2.45, 2.75) is 55.9 Å². The van der Waals surface area contributed by atoms with Gasteiger partial charge in [-0.25, -0.2) is 4.98 Å². The summed E-state index contributed by atoms with van der Waals surface area (Å²) < 4.78 is 12.6. The van der Waals surface area contributed by atoms with E-state index in [0.29, 0.717) is 42.7 Å². The fourth-order valence-corrected chi connectivity index (χ4v) is 5.88. The molecule has 1 unspecified atom stereocenters. The number of piperidine rings is 1. The van der Waals surface area contributed by atoms with Crippen molar-refractivity contribution in [1.29, 1.82) is 0 Å². The van der Waals surface area contributed by atoms with Gasteiger partial charge in [-0.1, -0.05) is 23.7 Å². The average molecular weight is 490 g/mol. The topological polar surface area (TPSA) is 78.4 Å². The van der Waals surface area contributed by atoms with E-state index in [1.807, 2.05) is 19.1 Å². The second-order valence-corrected chi connectivity index (χ2v) is 11.1. The molecule has 33 heavy (non-hydrogen) atoms. The molecule has 9 heteroatoms. The summed E-state index contributed by atoms with van der Waals surface area (Å²) >= 11 is 6.04. The Bertz CT molecular complexity index is 1020. The van der Waals surface area contributed by atoms with E-state index >= 15 is 0 Å². The molecule has 0 aliphatic carbocycles. The van der Waals surface area contributed by atoms with Crippen LogP contribution in [0.3, 0.4) is 0 Å². The number of hydrogen-bond donors (Lipinski definition) is 1. The van der Waals surface area contributed by atoms with Crippen molar-refractivity contribution in [2.24, 2.45) is 0 Å². The summed E-state index contributed by atoms with van der Waals surface area (Å²) in [7, 11) is 2.45. The number of hydrogen-bond acceptors (Lipinski definition) is 6. The summed E-state index contributed by atoms with van der Waals surface area (Å²) in [4.78, 5) is 26.2. The Morgan fingerprint density at radius 3 is 2.61 bits per heavy atom. The van der Waals surface area contributed by atoms with Gasteiger partial charge in [0.15, 0.2) is 0 Å². The van der Waals surface area contributed by atoms with E-state index in [-0.39, 0.29) is 11.9 Å². The number of halogens is 1. The Hall–Kier alpha value is -2.19. The fourth-order valence-electron chi connectivity index (χ4n) is 4.44. The molecular formula is C24H32ClN5O2S. The van der Waals surface area contributed by atoms with Gasteiger partial charge < -0.3 is 15.1 Å². The van der Waals surface area contributed by atoms with E-state index in [1.54, 1.807) is 19.0 Å². The van der Waals surface area contributed by atoms with Crippen molar-refractivity contribution in [3.8, 4) is 0 Å². The van der Waals surface area contributed by atoms with Crippen molar-refractivity contribution in [2.75, 3.05) is 43.2 Å². The molecule has 2 aliphatic heterocycles. The van der Waals surface area contributed by atoms with Crippen molar-refractivity contribution in [3.63, 3.8) is 0 Å². The van der Waals surface area contributed by atoms with Gasteiger partial charge in [0, 0.05) is 56.8 Å².